The second-order valence-corrected chi connectivity index (χ2v) is 10.7. The molecule has 0 saturated carbocycles. The summed E-state index contributed by atoms with van der Waals surface area (Å²) >= 11 is 1.43. The van der Waals surface area contributed by atoms with Gasteiger partial charge in [-0.25, -0.2) is 4.99 Å². The van der Waals surface area contributed by atoms with Gasteiger partial charge in [0.25, 0.3) is 5.69 Å². The Morgan fingerprint density at radius 2 is 1.53 bits per heavy atom. The first-order valence-electron chi connectivity index (χ1n) is 13.3. The number of allylic oxidation sites excluding steroid dienone is 1. The molecule has 0 aromatic heterocycles. The number of ether oxygens (including phenoxy) is 2. The molecule has 0 fully saturated rings. The van der Waals surface area contributed by atoms with E-state index in [-0.39, 0.29) is 23.2 Å². The fourth-order valence-corrected chi connectivity index (χ4v) is 6.39. The summed E-state index contributed by atoms with van der Waals surface area (Å²) in [6.07, 6.45) is 4.31. The SMILES string of the molecule is O=[N+]([O-])c1ccc(C2=CSC3=NC4=C(CCC/C4=C/c4ccc(OC(F)F)cc4)[C@@H](c4ccc(OC(F)F)cc4)N23)cc1. The number of halogens is 4. The van der Waals surface area contributed by atoms with E-state index in [1.807, 2.05) is 11.5 Å². The molecular weight excluding hydrogens is 586 g/mol. The van der Waals surface area contributed by atoms with Gasteiger partial charge in [-0.15, -0.1) is 0 Å². The Labute approximate surface area is 248 Å². The first-order valence-corrected chi connectivity index (χ1v) is 14.2. The van der Waals surface area contributed by atoms with Crippen LogP contribution in [0, 0.1) is 10.1 Å². The second-order valence-electron chi connectivity index (χ2n) is 9.88. The first kappa shape index (κ1) is 28.5. The van der Waals surface area contributed by atoms with E-state index in [0.717, 1.165) is 58.5 Å². The minimum Gasteiger partial charge on any atom is -0.435 e. The third-order valence-electron chi connectivity index (χ3n) is 7.28. The largest absolute Gasteiger partial charge is 0.435 e. The number of nitro benzene ring substituents is 1. The Kier molecular flexibility index (Phi) is 7.94. The Bertz CT molecular complexity index is 1650. The van der Waals surface area contributed by atoms with Gasteiger partial charge in [0.15, 0.2) is 5.17 Å². The summed E-state index contributed by atoms with van der Waals surface area (Å²) in [5, 5.41) is 13.9. The number of nitro groups is 1. The van der Waals surface area contributed by atoms with Crippen LogP contribution in [-0.4, -0.2) is 28.2 Å². The van der Waals surface area contributed by atoms with Crippen molar-refractivity contribution >= 4 is 34.4 Å². The topological polar surface area (TPSA) is 77.2 Å². The predicted molar refractivity (Wildman–Crippen MR) is 156 cm³/mol. The van der Waals surface area contributed by atoms with Crippen LogP contribution < -0.4 is 9.47 Å². The highest BCUT2D eigenvalue weighted by atomic mass is 32.2. The lowest BCUT2D eigenvalue weighted by molar-refractivity contribution is -0.384. The highest BCUT2D eigenvalue weighted by molar-refractivity contribution is 8.16. The fourth-order valence-electron chi connectivity index (χ4n) is 5.46. The molecule has 2 heterocycles. The third kappa shape index (κ3) is 6.00. The van der Waals surface area contributed by atoms with Gasteiger partial charge < -0.3 is 14.4 Å². The lowest BCUT2D eigenvalue weighted by Crippen LogP contribution is -2.34. The van der Waals surface area contributed by atoms with E-state index in [9.17, 15) is 27.7 Å². The van der Waals surface area contributed by atoms with Crippen LogP contribution in [0.4, 0.5) is 23.2 Å². The van der Waals surface area contributed by atoms with Gasteiger partial charge in [-0.1, -0.05) is 36.0 Å². The van der Waals surface area contributed by atoms with Crippen LogP contribution in [0.25, 0.3) is 11.8 Å². The molecule has 0 N–H and O–H groups in total. The number of hydrogen-bond acceptors (Lipinski definition) is 7. The number of alkyl halides is 4. The molecule has 3 aliphatic rings. The van der Waals surface area contributed by atoms with Gasteiger partial charge in [0.1, 0.15) is 11.5 Å². The molecule has 0 spiro atoms. The van der Waals surface area contributed by atoms with Crippen molar-refractivity contribution in [1.82, 2.24) is 4.90 Å². The van der Waals surface area contributed by atoms with Crippen molar-refractivity contribution in [2.24, 2.45) is 4.99 Å². The number of aliphatic imine (C=N–C) groups is 1. The lowest BCUT2D eigenvalue weighted by atomic mass is 9.82. The quantitative estimate of drug-likeness (QED) is 0.144. The van der Waals surface area contributed by atoms with E-state index < -0.39 is 18.1 Å². The maximum Gasteiger partial charge on any atom is 0.387 e. The van der Waals surface area contributed by atoms with E-state index in [0.29, 0.717) is 5.17 Å². The van der Waals surface area contributed by atoms with Crippen LogP contribution in [0.2, 0.25) is 0 Å². The number of amidine groups is 1. The summed E-state index contributed by atoms with van der Waals surface area (Å²) in [5.74, 6) is 0.115. The molecule has 1 atom stereocenters. The molecule has 0 unspecified atom stereocenters. The van der Waals surface area contributed by atoms with Gasteiger partial charge in [-0.05, 0) is 89.6 Å². The number of hydrogen-bond donors (Lipinski definition) is 0. The fraction of sp³-hybridized carbons (Fsp3) is 0.194. The molecule has 3 aromatic rings. The van der Waals surface area contributed by atoms with E-state index in [1.54, 1.807) is 36.4 Å². The van der Waals surface area contributed by atoms with E-state index in [1.165, 1.54) is 48.2 Å². The van der Waals surface area contributed by atoms with Crippen molar-refractivity contribution in [3.8, 4) is 11.5 Å². The second kappa shape index (κ2) is 12.0. The summed E-state index contributed by atoms with van der Waals surface area (Å²) in [6.45, 7) is -5.85. The average molecular weight is 610 g/mol. The molecule has 12 heteroatoms. The van der Waals surface area contributed by atoms with Crippen molar-refractivity contribution in [3.05, 3.63) is 122 Å². The number of non-ortho nitro benzene ring substituents is 1. The maximum atomic E-state index is 12.8. The summed E-state index contributed by atoms with van der Waals surface area (Å²) < 4.78 is 59.9. The van der Waals surface area contributed by atoms with Gasteiger partial charge in [0.2, 0.25) is 0 Å². The molecule has 220 valence electrons. The summed E-state index contributed by atoms with van der Waals surface area (Å²) in [6, 6.07) is 18.9. The maximum absolute atomic E-state index is 12.8. The van der Waals surface area contributed by atoms with Crippen molar-refractivity contribution < 1.29 is 32.0 Å². The number of rotatable bonds is 8. The zero-order chi connectivity index (χ0) is 30.1. The van der Waals surface area contributed by atoms with Gasteiger partial charge in [0.05, 0.1) is 22.4 Å². The number of fused-ring (bicyclic) bond motifs is 1. The molecular formula is C31H23F4N3O4S. The van der Waals surface area contributed by atoms with Crippen LogP contribution in [0.3, 0.4) is 0 Å². The Hall–Kier alpha value is -4.58. The van der Waals surface area contributed by atoms with E-state index >= 15 is 0 Å². The lowest BCUT2D eigenvalue weighted by Gasteiger charge is -2.40. The molecule has 2 aliphatic heterocycles. The number of nitrogens with zero attached hydrogens (tertiary/aromatic N) is 3. The van der Waals surface area contributed by atoms with Crippen LogP contribution in [0.1, 0.15) is 42.0 Å². The summed E-state index contributed by atoms with van der Waals surface area (Å²) in [7, 11) is 0. The zero-order valence-corrected chi connectivity index (χ0v) is 23.1. The van der Waals surface area contributed by atoms with E-state index in [4.69, 9.17) is 4.99 Å². The zero-order valence-electron chi connectivity index (χ0n) is 22.3. The molecule has 6 rings (SSSR count). The highest BCUT2D eigenvalue weighted by Gasteiger charge is 2.40. The Morgan fingerprint density at radius 3 is 2.14 bits per heavy atom. The van der Waals surface area contributed by atoms with Crippen molar-refractivity contribution in [3.63, 3.8) is 0 Å². The van der Waals surface area contributed by atoms with Gasteiger partial charge >= 0.3 is 13.2 Å². The van der Waals surface area contributed by atoms with Gasteiger partial charge in [-0.3, -0.25) is 10.1 Å². The number of benzene rings is 3. The Balaban J connectivity index is 1.41. The molecule has 0 bridgehead atoms. The average Bonchev–Trinajstić information content (AvgIpc) is 3.41. The van der Waals surface area contributed by atoms with Crippen LogP contribution in [0.5, 0.6) is 11.5 Å². The third-order valence-corrected chi connectivity index (χ3v) is 8.12. The van der Waals surface area contributed by atoms with E-state index in [2.05, 4.69) is 14.4 Å². The Morgan fingerprint density at radius 1 is 0.907 bits per heavy atom. The van der Waals surface area contributed by atoms with Crippen LogP contribution in [-0.2, 0) is 0 Å². The van der Waals surface area contributed by atoms with Gasteiger partial charge in [0, 0.05) is 17.5 Å². The normalized spacial score (nSPS) is 18.9. The molecule has 0 radical (unpaired) electrons. The van der Waals surface area contributed by atoms with Crippen LogP contribution >= 0.6 is 11.8 Å². The van der Waals surface area contributed by atoms with Crippen LogP contribution in [0.15, 0.2) is 100 Å². The molecule has 3 aromatic carbocycles. The summed E-state index contributed by atoms with van der Waals surface area (Å²) in [4.78, 5) is 17.9. The monoisotopic (exact) mass is 609 g/mol. The first-order chi connectivity index (χ1) is 20.8. The van der Waals surface area contributed by atoms with Gasteiger partial charge in [-0.2, -0.15) is 17.6 Å². The van der Waals surface area contributed by atoms with Crippen molar-refractivity contribution in [2.45, 2.75) is 38.5 Å². The molecule has 0 amide bonds. The van der Waals surface area contributed by atoms with Crippen molar-refractivity contribution in [1.29, 1.82) is 0 Å². The molecule has 7 nitrogen and oxygen atoms in total. The minimum atomic E-state index is -2.94. The molecule has 0 saturated heterocycles. The minimum absolute atomic E-state index is 0.0189. The van der Waals surface area contributed by atoms with Crippen molar-refractivity contribution in [2.75, 3.05) is 0 Å². The molecule has 43 heavy (non-hydrogen) atoms. The summed E-state index contributed by atoms with van der Waals surface area (Å²) in [5.41, 5.74) is 6.07. The smallest absolute Gasteiger partial charge is 0.387 e. The number of thioether (sulfide) groups is 1. The molecule has 1 aliphatic carbocycles. The standard InChI is InChI=1S/C31H23F4N3O4S/c32-29(33)41-23-12-4-18(5-13-23)16-21-2-1-3-25-27(21)36-31-37(28(25)20-8-14-24(15-9-20)42-30(34)35)26(17-43-31)19-6-10-22(11-7-19)38(39)40/h4-17,28-30H,1-3H2/b21-16-/t28-/m1/s1. The highest BCUT2D eigenvalue weighted by Crippen LogP contribution is 2.51. The predicted octanol–water partition coefficient (Wildman–Crippen LogP) is 8.78.